The Labute approximate surface area is 272 Å². The van der Waals surface area contributed by atoms with Crippen LogP contribution in [0.5, 0.6) is 0 Å². The lowest BCUT2D eigenvalue weighted by atomic mass is 9.95. The van der Waals surface area contributed by atoms with Gasteiger partial charge in [0.15, 0.2) is 0 Å². The number of benzene rings is 5. The normalized spacial score (nSPS) is 18.7. The molecule has 0 saturated heterocycles. The van der Waals surface area contributed by atoms with Crippen LogP contribution in [0.1, 0.15) is 73.7 Å². The molecule has 0 spiro atoms. The molecular formula is C41H31NO3S. The number of rotatable bonds is 6. The molecule has 2 aliphatic heterocycles. The first-order valence-corrected chi connectivity index (χ1v) is 16.5. The highest BCUT2D eigenvalue weighted by Crippen LogP contribution is 2.53. The van der Waals surface area contributed by atoms with E-state index in [4.69, 9.17) is 0 Å². The van der Waals surface area contributed by atoms with Gasteiger partial charge in [0.2, 0.25) is 5.78 Å². The predicted molar refractivity (Wildman–Crippen MR) is 187 cm³/mol. The maximum atomic E-state index is 13.2. The van der Waals surface area contributed by atoms with Crippen LogP contribution in [0, 0.1) is 0 Å². The molecule has 5 aromatic carbocycles. The van der Waals surface area contributed by atoms with Gasteiger partial charge in [-0.15, -0.1) is 0 Å². The van der Waals surface area contributed by atoms with Crippen molar-refractivity contribution in [2.75, 3.05) is 4.90 Å². The fourth-order valence-corrected chi connectivity index (χ4v) is 8.27. The van der Waals surface area contributed by atoms with Crippen LogP contribution in [0.2, 0.25) is 0 Å². The molecule has 0 aromatic heterocycles. The molecule has 0 radical (unpaired) electrons. The third-order valence-corrected chi connectivity index (χ3v) is 10.5. The summed E-state index contributed by atoms with van der Waals surface area (Å²) in [7, 11) is 0. The zero-order chi connectivity index (χ0) is 31.2. The van der Waals surface area contributed by atoms with Gasteiger partial charge < -0.3 is 10.0 Å². The lowest BCUT2D eigenvalue weighted by molar-refractivity contribution is 0.0696. The van der Waals surface area contributed by atoms with Crippen molar-refractivity contribution in [2.45, 2.75) is 36.1 Å². The van der Waals surface area contributed by atoms with Gasteiger partial charge in [-0.2, -0.15) is 0 Å². The molecule has 4 nitrogen and oxygen atoms in total. The van der Waals surface area contributed by atoms with Crippen LogP contribution in [0.25, 0.3) is 17.7 Å². The van der Waals surface area contributed by atoms with Gasteiger partial charge in [-0.3, -0.25) is 4.79 Å². The molecule has 3 aliphatic rings. The van der Waals surface area contributed by atoms with Gasteiger partial charge in [0.05, 0.1) is 10.5 Å². The molecule has 1 saturated carbocycles. The van der Waals surface area contributed by atoms with E-state index in [0.717, 1.165) is 28.9 Å². The van der Waals surface area contributed by atoms with Crippen molar-refractivity contribution in [3.05, 3.63) is 165 Å². The average Bonchev–Trinajstić information content (AvgIpc) is 3.77. The average molecular weight is 618 g/mol. The van der Waals surface area contributed by atoms with Crippen molar-refractivity contribution in [3.8, 4) is 0 Å². The number of anilines is 2. The van der Waals surface area contributed by atoms with E-state index in [0.29, 0.717) is 22.4 Å². The van der Waals surface area contributed by atoms with E-state index in [2.05, 4.69) is 114 Å². The van der Waals surface area contributed by atoms with Crippen LogP contribution in [0.3, 0.4) is 0 Å². The minimum absolute atomic E-state index is 0.110. The van der Waals surface area contributed by atoms with Gasteiger partial charge in [-0.1, -0.05) is 97.0 Å². The van der Waals surface area contributed by atoms with Crippen molar-refractivity contribution in [1.29, 1.82) is 0 Å². The number of carboxylic acids is 1. The fraction of sp³-hybridized carbons (Fsp3) is 0.122. The molecule has 46 heavy (non-hydrogen) atoms. The smallest absolute Gasteiger partial charge is 0.335 e. The number of thioether (sulfide) groups is 1. The molecule has 2 atom stereocenters. The van der Waals surface area contributed by atoms with Gasteiger partial charge in [0.25, 0.3) is 0 Å². The summed E-state index contributed by atoms with van der Waals surface area (Å²) in [6.45, 7) is 0. The maximum absolute atomic E-state index is 13.2. The van der Waals surface area contributed by atoms with Crippen LogP contribution >= 0.6 is 11.8 Å². The maximum Gasteiger partial charge on any atom is 0.335 e. The Bertz CT molecular complexity index is 2010. The van der Waals surface area contributed by atoms with E-state index in [1.807, 2.05) is 6.08 Å². The first-order valence-electron chi connectivity index (χ1n) is 15.7. The van der Waals surface area contributed by atoms with E-state index in [1.54, 1.807) is 12.1 Å². The number of ketones is 1. The molecular weight excluding hydrogens is 587 g/mol. The number of Topliss-reactive ketones (excluding diaryl/α,β-unsaturated/α-hetero) is 1. The molecule has 0 amide bonds. The molecule has 0 bridgehead atoms. The second kappa shape index (κ2) is 11.7. The quantitative estimate of drug-likeness (QED) is 0.152. The van der Waals surface area contributed by atoms with Crippen molar-refractivity contribution in [2.24, 2.45) is 0 Å². The van der Waals surface area contributed by atoms with Crippen LogP contribution in [0.4, 0.5) is 11.4 Å². The van der Waals surface area contributed by atoms with Gasteiger partial charge in [0, 0.05) is 33.8 Å². The van der Waals surface area contributed by atoms with Crippen molar-refractivity contribution < 1.29 is 14.7 Å². The predicted octanol–water partition coefficient (Wildman–Crippen LogP) is 10.1. The number of nitrogens with zero attached hydrogens (tertiary/aromatic N) is 1. The van der Waals surface area contributed by atoms with Gasteiger partial charge in [0.1, 0.15) is 0 Å². The van der Waals surface area contributed by atoms with Crippen LogP contribution in [0.15, 0.2) is 131 Å². The number of fused-ring (bicyclic) bond motifs is 4. The Morgan fingerprint density at radius 1 is 0.761 bits per heavy atom. The first kappa shape index (κ1) is 28.4. The summed E-state index contributed by atoms with van der Waals surface area (Å²) >= 11 is 1.42. The summed E-state index contributed by atoms with van der Waals surface area (Å²) in [5.41, 5.74) is 10.1. The summed E-state index contributed by atoms with van der Waals surface area (Å²) in [5.74, 6) is -0.679. The van der Waals surface area contributed by atoms with E-state index < -0.39 is 5.97 Å². The number of aromatic carboxylic acids is 1. The summed E-state index contributed by atoms with van der Waals surface area (Å²) in [6.07, 6.45) is 7.74. The number of hydrogen-bond donors (Lipinski definition) is 1. The largest absolute Gasteiger partial charge is 0.478 e. The number of allylic oxidation sites excluding steroid dienone is 1. The fourth-order valence-electron chi connectivity index (χ4n) is 7.24. The van der Waals surface area contributed by atoms with E-state index in [1.165, 1.54) is 57.9 Å². The zero-order valence-electron chi connectivity index (χ0n) is 25.1. The SMILES string of the molecule is O=C(O)c1ccc2c(c1)C(=O)/C(=C\c1ccc3c(c1)C1CCCC1N3c1ccc(C=C(c3ccccc3)c3ccccc3)cc1)S2. The van der Waals surface area contributed by atoms with Crippen molar-refractivity contribution in [1.82, 2.24) is 0 Å². The lowest BCUT2D eigenvalue weighted by Crippen LogP contribution is -2.26. The second-order valence-corrected chi connectivity index (χ2v) is 13.2. The molecule has 1 fully saturated rings. The van der Waals surface area contributed by atoms with Gasteiger partial charge in [-0.05, 0) is 101 Å². The third-order valence-electron chi connectivity index (χ3n) is 9.39. The van der Waals surface area contributed by atoms with Gasteiger partial charge in [-0.25, -0.2) is 4.79 Å². The Kier molecular flexibility index (Phi) is 7.19. The molecule has 1 N–H and O–H groups in total. The number of carbonyl (C=O) groups excluding carboxylic acids is 1. The number of hydrogen-bond acceptors (Lipinski definition) is 4. The molecule has 1 aliphatic carbocycles. The molecule has 2 unspecified atom stereocenters. The molecule has 2 heterocycles. The Morgan fingerprint density at radius 2 is 1.46 bits per heavy atom. The Morgan fingerprint density at radius 3 is 2.15 bits per heavy atom. The highest BCUT2D eigenvalue weighted by molar-refractivity contribution is 8.04. The number of carboxylic acid groups (broad SMARTS) is 1. The summed E-state index contributed by atoms with van der Waals surface area (Å²) < 4.78 is 0. The van der Waals surface area contributed by atoms with Crippen LogP contribution < -0.4 is 4.90 Å². The van der Waals surface area contributed by atoms with Crippen molar-refractivity contribution >= 4 is 52.6 Å². The summed E-state index contributed by atoms with van der Waals surface area (Å²) in [4.78, 5) is 28.6. The third kappa shape index (κ3) is 5.07. The summed E-state index contributed by atoms with van der Waals surface area (Å²) in [5, 5.41) is 9.37. The molecule has 8 rings (SSSR count). The standard InChI is InChI=1S/C41H31NO3S/c43-40-35-25-30(41(44)45)17-21-38(35)46-39(40)24-27-16-20-37-34(23-27)32-12-7-13-36(32)42(37)31-18-14-26(15-19-31)22-33(28-8-3-1-4-9-28)29-10-5-2-6-11-29/h1-6,8-11,14-25,32,36H,7,12-13H2,(H,44,45)/b39-24+. The van der Waals surface area contributed by atoms with Crippen LogP contribution in [-0.2, 0) is 0 Å². The monoisotopic (exact) mass is 617 g/mol. The topological polar surface area (TPSA) is 57.6 Å². The Balaban J connectivity index is 1.10. The van der Waals surface area contributed by atoms with E-state index in [9.17, 15) is 14.7 Å². The highest BCUT2D eigenvalue weighted by Gasteiger charge is 2.42. The highest BCUT2D eigenvalue weighted by atomic mass is 32.2. The lowest BCUT2D eigenvalue weighted by Gasteiger charge is -2.27. The number of carbonyl (C=O) groups is 2. The molecule has 5 heteroatoms. The molecule has 5 aromatic rings. The van der Waals surface area contributed by atoms with Crippen molar-refractivity contribution in [3.63, 3.8) is 0 Å². The first-order chi connectivity index (χ1) is 22.5. The van der Waals surface area contributed by atoms with Gasteiger partial charge >= 0.3 is 5.97 Å². The van der Waals surface area contributed by atoms with Crippen LogP contribution in [-0.4, -0.2) is 22.9 Å². The van der Waals surface area contributed by atoms with E-state index in [-0.39, 0.29) is 11.3 Å². The Hall–Kier alpha value is -5.13. The van der Waals surface area contributed by atoms with E-state index >= 15 is 0 Å². The molecule has 224 valence electrons. The minimum Gasteiger partial charge on any atom is -0.478 e. The minimum atomic E-state index is -1.03. The zero-order valence-corrected chi connectivity index (χ0v) is 25.9. The second-order valence-electron chi connectivity index (χ2n) is 12.1. The summed E-state index contributed by atoms with van der Waals surface area (Å²) in [6, 6.07) is 41.8.